The summed E-state index contributed by atoms with van der Waals surface area (Å²) in [5, 5.41) is 2.00. The van der Waals surface area contributed by atoms with Crippen molar-refractivity contribution in [3.63, 3.8) is 0 Å². The number of hydrogen-bond donors (Lipinski definition) is 0. The first-order valence-corrected chi connectivity index (χ1v) is 10.7. The van der Waals surface area contributed by atoms with E-state index in [1.165, 1.54) is 0 Å². The summed E-state index contributed by atoms with van der Waals surface area (Å²) in [5.41, 5.74) is 2.05. The lowest BCUT2D eigenvalue weighted by Gasteiger charge is -2.25. The molecular weight excluding hydrogens is 433 g/mol. The second-order valence-corrected chi connectivity index (χ2v) is 8.05. The highest BCUT2D eigenvalue weighted by molar-refractivity contribution is 9.09. The lowest BCUT2D eigenvalue weighted by Crippen LogP contribution is -2.31. The molecule has 0 radical (unpaired) electrons. The van der Waals surface area contributed by atoms with E-state index in [0.29, 0.717) is 16.6 Å². The van der Waals surface area contributed by atoms with Crippen LogP contribution >= 0.6 is 39.1 Å². The van der Waals surface area contributed by atoms with Gasteiger partial charge in [-0.1, -0.05) is 88.4 Å². The van der Waals surface area contributed by atoms with Crippen LogP contribution in [-0.4, -0.2) is 23.2 Å². The summed E-state index contributed by atoms with van der Waals surface area (Å²) in [6.07, 6.45) is 4.02. The topological polar surface area (TPSA) is 20.3 Å². The maximum absolute atomic E-state index is 13.1. The van der Waals surface area contributed by atoms with Gasteiger partial charge in [-0.15, -0.1) is 0 Å². The Bertz CT molecular complexity index is 708. The molecule has 2 aromatic carbocycles. The minimum atomic E-state index is -0.200. The molecule has 0 saturated heterocycles. The number of carbonyl (C=O) groups excluding carboxylic acids is 1. The van der Waals surface area contributed by atoms with Crippen molar-refractivity contribution in [2.75, 3.05) is 12.4 Å². The molecule has 140 valence electrons. The van der Waals surface area contributed by atoms with Gasteiger partial charge in [0.25, 0.3) is 0 Å². The summed E-state index contributed by atoms with van der Waals surface area (Å²) in [4.78, 5) is 14.9. The summed E-state index contributed by atoms with van der Waals surface area (Å²) in [6.45, 7) is 0.596. The van der Waals surface area contributed by atoms with Crippen molar-refractivity contribution >= 4 is 45.0 Å². The van der Waals surface area contributed by atoms with Crippen LogP contribution in [-0.2, 0) is 11.3 Å². The van der Waals surface area contributed by atoms with Crippen LogP contribution in [0.3, 0.4) is 0 Å². The van der Waals surface area contributed by atoms with Gasteiger partial charge in [0.1, 0.15) is 0 Å². The number of carbonyl (C=O) groups is 1. The number of amides is 1. The number of halogens is 3. The largest absolute Gasteiger partial charge is 0.341 e. The second kappa shape index (κ2) is 11.0. The van der Waals surface area contributed by atoms with Crippen LogP contribution in [0, 0.1) is 0 Å². The van der Waals surface area contributed by atoms with Crippen molar-refractivity contribution in [3.8, 4) is 0 Å². The minimum absolute atomic E-state index is 0.117. The Morgan fingerprint density at radius 1 is 1.04 bits per heavy atom. The van der Waals surface area contributed by atoms with Crippen LogP contribution in [0.5, 0.6) is 0 Å². The number of nitrogens with zero attached hydrogens (tertiary/aromatic N) is 1. The molecule has 1 unspecified atom stereocenters. The molecule has 0 bridgehead atoms. The first-order valence-electron chi connectivity index (χ1n) is 8.82. The summed E-state index contributed by atoms with van der Waals surface area (Å²) < 4.78 is 0. The quantitative estimate of drug-likeness (QED) is 0.304. The van der Waals surface area contributed by atoms with Gasteiger partial charge in [-0.25, -0.2) is 0 Å². The molecule has 5 heteroatoms. The van der Waals surface area contributed by atoms with Crippen molar-refractivity contribution in [3.05, 3.63) is 69.7 Å². The van der Waals surface area contributed by atoms with E-state index >= 15 is 0 Å². The van der Waals surface area contributed by atoms with Gasteiger partial charge in [0, 0.05) is 18.9 Å². The molecule has 0 aliphatic carbocycles. The molecule has 26 heavy (non-hydrogen) atoms. The van der Waals surface area contributed by atoms with Crippen LogP contribution in [0.4, 0.5) is 0 Å². The lowest BCUT2D eigenvalue weighted by molar-refractivity contribution is -0.132. The highest BCUT2D eigenvalue weighted by atomic mass is 79.9. The molecule has 0 saturated carbocycles. The third-order valence-electron chi connectivity index (χ3n) is 4.41. The summed E-state index contributed by atoms with van der Waals surface area (Å²) in [5.74, 6) is -0.0834. The molecule has 0 aliphatic rings. The van der Waals surface area contributed by atoms with Crippen LogP contribution < -0.4 is 0 Å². The number of unbranched alkanes of at least 4 members (excludes halogenated alkanes) is 2. The van der Waals surface area contributed by atoms with Crippen molar-refractivity contribution in [1.29, 1.82) is 0 Å². The normalized spacial score (nSPS) is 12.0. The van der Waals surface area contributed by atoms with E-state index in [0.717, 1.165) is 42.1 Å². The van der Waals surface area contributed by atoms with Gasteiger partial charge < -0.3 is 4.90 Å². The van der Waals surface area contributed by atoms with E-state index in [9.17, 15) is 4.79 Å². The molecule has 0 spiro atoms. The first kappa shape index (κ1) is 21.3. The van der Waals surface area contributed by atoms with E-state index in [4.69, 9.17) is 23.2 Å². The molecule has 0 N–H and O–H groups in total. The van der Waals surface area contributed by atoms with Gasteiger partial charge in [0.15, 0.2) is 0 Å². The summed E-state index contributed by atoms with van der Waals surface area (Å²) in [7, 11) is 1.86. The molecule has 1 atom stereocenters. The van der Waals surface area contributed by atoms with Crippen LogP contribution in [0.1, 0.15) is 42.7 Å². The minimum Gasteiger partial charge on any atom is -0.341 e. The molecule has 2 aromatic rings. The van der Waals surface area contributed by atoms with E-state index in [1.807, 2.05) is 49.5 Å². The van der Waals surface area contributed by atoms with Crippen LogP contribution in [0.2, 0.25) is 10.0 Å². The Hall–Kier alpha value is -1.03. The fourth-order valence-corrected chi connectivity index (χ4v) is 3.69. The maximum atomic E-state index is 13.1. The Kier molecular flexibility index (Phi) is 8.97. The summed E-state index contributed by atoms with van der Waals surface area (Å²) in [6, 6.07) is 15.5. The average Bonchev–Trinajstić information content (AvgIpc) is 2.64. The van der Waals surface area contributed by atoms with Gasteiger partial charge in [-0.05, 0) is 36.1 Å². The first-order chi connectivity index (χ1) is 12.5. The van der Waals surface area contributed by atoms with Gasteiger partial charge >= 0.3 is 0 Å². The summed E-state index contributed by atoms with van der Waals surface area (Å²) >= 11 is 15.7. The number of likely N-dealkylation sites (N-methyl/N-ethyl adjacent to an activating group) is 1. The van der Waals surface area contributed by atoms with E-state index in [1.54, 1.807) is 11.0 Å². The SMILES string of the molecule is CN(Cc1ccccc1)C(=O)C(CCCCCBr)c1ccc(Cl)c(Cl)c1. The highest BCUT2D eigenvalue weighted by Gasteiger charge is 2.24. The predicted molar refractivity (Wildman–Crippen MR) is 114 cm³/mol. The molecule has 2 rings (SSSR count). The van der Waals surface area contributed by atoms with Crippen molar-refractivity contribution in [2.45, 2.75) is 38.1 Å². The lowest BCUT2D eigenvalue weighted by atomic mass is 9.91. The maximum Gasteiger partial charge on any atom is 0.230 e. The van der Waals surface area contributed by atoms with E-state index < -0.39 is 0 Å². The third kappa shape index (κ3) is 6.29. The zero-order valence-electron chi connectivity index (χ0n) is 14.9. The Morgan fingerprint density at radius 3 is 2.42 bits per heavy atom. The smallest absolute Gasteiger partial charge is 0.230 e. The molecule has 0 heterocycles. The fraction of sp³-hybridized carbons (Fsp3) is 0.381. The highest BCUT2D eigenvalue weighted by Crippen LogP contribution is 2.31. The standard InChI is InChI=1S/C21H24BrCl2NO/c1-25(15-16-8-4-2-5-9-16)21(26)18(10-6-3-7-13-22)17-11-12-19(23)20(24)14-17/h2,4-5,8-9,11-12,14,18H,3,6-7,10,13,15H2,1H3. The number of hydrogen-bond acceptors (Lipinski definition) is 1. The van der Waals surface area contributed by atoms with Crippen LogP contribution in [0.15, 0.2) is 48.5 Å². The van der Waals surface area contributed by atoms with Crippen LogP contribution in [0.25, 0.3) is 0 Å². The molecular formula is C21H24BrCl2NO. The average molecular weight is 457 g/mol. The molecule has 0 aliphatic heterocycles. The predicted octanol–water partition coefficient (Wildman–Crippen LogP) is 6.69. The van der Waals surface area contributed by atoms with Crippen molar-refractivity contribution in [2.24, 2.45) is 0 Å². The zero-order chi connectivity index (χ0) is 18.9. The molecule has 1 amide bonds. The third-order valence-corrected chi connectivity index (χ3v) is 5.71. The number of benzene rings is 2. The van der Waals surface area contributed by atoms with Gasteiger partial charge in [-0.2, -0.15) is 0 Å². The Labute approximate surface area is 174 Å². The van der Waals surface area contributed by atoms with Gasteiger partial charge in [-0.3, -0.25) is 4.79 Å². The van der Waals surface area contributed by atoms with E-state index in [2.05, 4.69) is 15.9 Å². The molecule has 0 fully saturated rings. The van der Waals surface area contributed by atoms with Crippen molar-refractivity contribution in [1.82, 2.24) is 4.90 Å². The zero-order valence-corrected chi connectivity index (χ0v) is 18.0. The molecule has 0 aromatic heterocycles. The second-order valence-electron chi connectivity index (χ2n) is 6.44. The monoisotopic (exact) mass is 455 g/mol. The van der Waals surface area contributed by atoms with E-state index in [-0.39, 0.29) is 11.8 Å². The number of alkyl halides is 1. The Balaban J connectivity index is 2.15. The fourth-order valence-electron chi connectivity index (χ4n) is 2.98. The Morgan fingerprint density at radius 2 is 1.77 bits per heavy atom. The van der Waals surface area contributed by atoms with Gasteiger partial charge in [0.05, 0.1) is 16.0 Å². The number of rotatable bonds is 9. The van der Waals surface area contributed by atoms with Gasteiger partial charge in [0.2, 0.25) is 5.91 Å². The molecule has 2 nitrogen and oxygen atoms in total. The van der Waals surface area contributed by atoms with Crippen molar-refractivity contribution < 1.29 is 4.79 Å².